The van der Waals surface area contributed by atoms with Gasteiger partial charge in [0, 0.05) is 18.3 Å². The normalized spacial score (nSPS) is 11.9. The number of aromatic nitrogens is 1. The van der Waals surface area contributed by atoms with Crippen LogP contribution in [0.15, 0.2) is 46.4 Å². The second kappa shape index (κ2) is 9.00. The molecule has 5 heteroatoms. The van der Waals surface area contributed by atoms with Gasteiger partial charge >= 0.3 is 0 Å². The number of amides is 1. The largest absolute Gasteiger partial charge is 0.352 e. The molecule has 4 nitrogen and oxygen atoms in total. The maximum absolute atomic E-state index is 12.1. The van der Waals surface area contributed by atoms with Gasteiger partial charge in [0.1, 0.15) is 10.4 Å². The van der Waals surface area contributed by atoms with Gasteiger partial charge in [-0.1, -0.05) is 39.8 Å². The first-order valence-electron chi connectivity index (χ1n) is 7.51. The van der Waals surface area contributed by atoms with Crippen molar-refractivity contribution >= 4 is 27.5 Å². The summed E-state index contributed by atoms with van der Waals surface area (Å²) < 4.78 is 0. The molecule has 0 atom stereocenters. The molecule has 0 bridgehead atoms. The van der Waals surface area contributed by atoms with Gasteiger partial charge in [0.05, 0.1) is 5.39 Å². The Balaban J connectivity index is 0.000000561. The average Bonchev–Trinajstić information content (AvgIpc) is 3.23. The van der Waals surface area contributed by atoms with E-state index in [-0.39, 0.29) is 16.9 Å². The minimum absolute atomic E-state index is 0.147. The average molecular weight is 318 g/mol. The summed E-state index contributed by atoms with van der Waals surface area (Å²) >= 11 is 1.45. The molecule has 118 valence electrons. The Morgan fingerprint density at radius 3 is 2.64 bits per heavy atom. The molecular formula is C17H22N2O2S. The third kappa shape index (κ3) is 3.95. The number of hydrogen-bond donors (Lipinski definition) is 2. The van der Waals surface area contributed by atoms with Crippen LogP contribution in [-0.2, 0) is 0 Å². The van der Waals surface area contributed by atoms with E-state index in [1.165, 1.54) is 17.5 Å². The highest BCUT2D eigenvalue weighted by atomic mass is 32.1. The summed E-state index contributed by atoms with van der Waals surface area (Å²) in [5.41, 5.74) is 0.729. The number of fused-ring (bicyclic) bond motifs is 1. The summed E-state index contributed by atoms with van der Waals surface area (Å²) in [6, 6.07) is 1.73. The van der Waals surface area contributed by atoms with Gasteiger partial charge < -0.3 is 10.3 Å². The van der Waals surface area contributed by atoms with E-state index in [0.29, 0.717) is 11.8 Å². The summed E-state index contributed by atoms with van der Waals surface area (Å²) in [7, 11) is 0. The lowest BCUT2D eigenvalue weighted by molar-refractivity contribution is 0.0964. The number of aromatic amines is 1. The van der Waals surface area contributed by atoms with Gasteiger partial charge in [-0.3, -0.25) is 9.59 Å². The van der Waals surface area contributed by atoms with Gasteiger partial charge in [-0.15, -0.1) is 11.3 Å². The van der Waals surface area contributed by atoms with Crippen LogP contribution in [0.3, 0.4) is 0 Å². The number of rotatable bonds is 2. The number of carbonyl (C=O) groups is 1. The molecule has 2 heterocycles. The van der Waals surface area contributed by atoms with Crippen molar-refractivity contribution in [3.63, 3.8) is 0 Å². The standard InChI is InChI=1S/C13H10N2O2S.2C2H6/c16-11-9-5-6-18-13(9)14-7-10(11)12(17)15-8-3-1-2-4-8;2*1-2/h1-3,5-7H,4H2,(H,14,16)(H,15,17);2*1-2H3. The van der Waals surface area contributed by atoms with Crippen LogP contribution in [0, 0.1) is 0 Å². The van der Waals surface area contributed by atoms with Crippen LogP contribution in [0.2, 0.25) is 0 Å². The fraction of sp³-hybridized carbons (Fsp3) is 0.294. The van der Waals surface area contributed by atoms with Crippen LogP contribution in [0.1, 0.15) is 44.5 Å². The Hall–Kier alpha value is -2.14. The number of H-pyrrole nitrogens is 1. The lowest BCUT2D eigenvalue weighted by atomic mass is 10.2. The highest BCUT2D eigenvalue weighted by Crippen LogP contribution is 2.15. The zero-order valence-electron chi connectivity index (χ0n) is 13.4. The minimum Gasteiger partial charge on any atom is -0.352 e. The van der Waals surface area contributed by atoms with Crippen LogP contribution < -0.4 is 10.7 Å². The molecule has 0 fully saturated rings. The van der Waals surface area contributed by atoms with Crippen LogP contribution in [0.25, 0.3) is 10.2 Å². The van der Waals surface area contributed by atoms with Gasteiger partial charge in [-0.05, 0) is 17.5 Å². The van der Waals surface area contributed by atoms with E-state index in [1.807, 2.05) is 51.3 Å². The number of hydrogen-bond acceptors (Lipinski definition) is 3. The van der Waals surface area contributed by atoms with Crippen molar-refractivity contribution in [1.82, 2.24) is 10.3 Å². The van der Waals surface area contributed by atoms with Crippen molar-refractivity contribution in [3.8, 4) is 0 Å². The smallest absolute Gasteiger partial charge is 0.260 e. The molecule has 2 N–H and O–H groups in total. The van der Waals surface area contributed by atoms with E-state index in [1.54, 1.807) is 6.07 Å². The third-order valence-electron chi connectivity index (χ3n) is 2.79. The van der Waals surface area contributed by atoms with E-state index < -0.39 is 0 Å². The SMILES string of the molecule is CC.CC.O=C(NC1=CC=CC1)c1c[nH]c2sccc2c1=O. The van der Waals surface area contributed by atoms with Gasteiger partial charge in [-0.25, -0.2) is 0 Å². The lowest BCUT2D eigenvalue weighted by Gasteiger charge is -2.05. The Labute approximate surface area is 134 Å². The molecule has 3 rings (SSSR count). The maximum atomic E-state index is 12.1. The van der Waals surface area contributed by atoms with E-state index in [2.05, 4.69) is 10.3 Å². The van der Waals surface area contributed by atoms with Gasteiger partial charge in [0.15, 0.2) is 0 Å². The molecule has 2 aromatic heterocycles. The van der Waals surface area contributed by atoms with E-state index in [9.17, 15) is 9.59 Å². The second-order valence-electron chi connectivity index (χ2n) is 3.97. The van der Waals surface area contributed by atoms with Gasteiger partial charge in [0.2, 0.25) is 5.43 Å². The van der Waals surface area contributed by atoms with Crippen molar-refractivity contribution in [2.75, 3.05) is 0 Å². The molecule has 1 amide bonds. The quantitative estimate of drug-likeness (QED) is 0.871. The summed E-state index contributed by atoms with van der Waals surface area (Å²) in [5.74, 6) is -0.362. The lowest BCUT2D eigenvalue weighted by Crippen LogP contribution is -2.27. The van der Waals surface area contributed by atoms with E-state index >= 15 is 0 Å². The number of pyridine rings is 1. The number of carbonyl (C=O) groups excluding carboxylic acids is 1. The fourth-order valence-electron chi connectivity index (χ4n) is 1.87. The van der Waals surface area contributed by atoms with Crippen LogP contribution in [0.5, 0.6) is 0 Å². The molecule has 22 heavy (non-hydrogen) atoms. The highest BCUT2D eigenvalue weighted by molar-refractivity contribution is 7.16. The summed E-state index contributed by atoms with van der Waals surface area (Å²) in [6.07, 6.45) is 7.82. The number of thiophene rings is 1. The second-order valence-corrected chi connectivity index (χ2v) is 4.89. The van der Waals surface area contributed by atoms with Gasteiger partial charge in [-0.2, -0.15) is 0 Å². The number of allylic oxidation sites excluding steroid dienone is 3. The predicted molar refractivity (Wildman–Crippen MR) is 94.4 cm³/mol. The first-order valence-corrected chi connectivity index (χ1v) is 8.39. The molecule has 0 saturated carbocycles. The molecule has 1 aliphatic rings. The van der Waals surface area contributed by atoms with Crippen molar-refractivity contribution in [2.24, 2.45) is 0 Å². The molecule has 0 aliphatic heterocycles. The fourth-order valence-corrected chi connectivity index (χ4v) is 2.62. The van der Waals surface area contributed by atoms with Crippen molar-refractivity contribution < 1.29 is 4.79 Å². The first-order chi connectivity index (χ1) is 10.8. The monoisotopic (exact) mass is 318 g/mol. The molecule has 2 aromatic rings. The molecule has 0 spiro atoms. The molecule has 1 aliphatic carbocycles. The molecule has 0 saturated heterocycles. The third-order valence-corrected chi connectivity index (χ3v) is 3.64. The summed E-state index contributed by atoms with van der Waals surface area (Å²) in [6.45, 7) is 8.00. The first kappa shape index (κ1) is 17.9. The topological polar surface area (TPSA) is 62.0 Å². The van der Waals surface area contributed by atoms with Gasteiger partial charge in [0.25, 0.3) is 5.91 Å². The molecular weight excluding hydrogens is 296 g/mol. The highest BCUT2D eigenvalue weighted by Gasteiger charge is 2.14. The van der Waals surface area contributed by atoms with Crippen LogP contribution in [0.4, 0.5) is 0 Å². The Morgan fingerprint density at radius 1 is 1.27 bits per heavy atom. The summed E-state index contributed by atoms with van der Waals surface area (Å²) in [5, 5.41) is 5.12. The predicted octanol–water partition coefficient (Wildman–Crippen LogP) is 4.22. The van der Waals surface area contributed by atoms with Crippen LogP contribution >= 0.6 is 11.3 Å². The zero-order valence-corrected chi connectivity index (χ0v) is 14.2. The van der Waals surface area contributed by atoms with E-state index in [4.69, 9.17) is 0 Å². The Morgan fingerprint density at radius 2 is 2.00 bits per heavy atom. The van der Waals surface area contributed by atoms with Crippen molar-refractivity contribution in [2.45, 2.75) is 34.1 Å². The van der Waals surface area contributed by atoms with Crippen LogP contribution in [-0.4, -0.2) is 10.9 Å². The molecule has 0 unspecified atom stereocenters. The maximum Gasteiger partial charge on any atom is 0.260 e. The zero-order chi connectivity index (χ0) is 16.5. The Kier molecular flexibility index (Phi) is 7.32. The number of nitrogens with one attached hydrogen (secondary N) is 2. The van der Waals surface area contributed by atoms with Crippen molar-refractivity contribution in [1.29, 1.82) is 0 Å². The minimum atomic E-state index is -0.362. The summed E-state index contributed by atoms with van der Waals surface area (Å²) in [4.78, 5) is 27.8. The van der Waals surface area contributed by atoms with Crippen molar-refractivity contribution in [3.05, 3.63) is 57.4 Å². The molecule has 0 radical (unpaired) electrons. The Bertz CT molecular complexity index is 738. The molecule has 0 aromatic carbocycles. The van der Waals surface area contributed by atoms with E-state index in [0.717, 1.165) is 10.5 Å².